The summed E-state index contributed by atoms with van der Waals surface area (Å²) in [5, 5.41) is 11.0. The standard InChI is InChI=1S/C24H22N4O2/c1-4-19-23(29)17(10-13-26-19)8-9-21-27-20-14-25-12-11-18(20)24(30)28(21)22-15(2)6-5-7-16(22)3/h5-14,29H,4H2,1-3H3/b9-8+. The van der Waals surface area contributed by atoms with Crippen molar-refractivity contribution in [3.8, 4) is 11.4 Å². The second kappa shape index (κ2) is 7.91. The highest BCUT2D eigenvalue weighted by atomic mass is 16.3. The number of hydrogen-bond acceptors (Lipinski definition) is 5. The van der Waals surface area contributed by atoms with Crippen molar-refractivity contribution in [1.29, 1.82) is 0 Å². The Morgan fingerprint density at radius 2 is 1.83 bits per heavy atom. The van der Waals surface area contributed by atoms with Crippen molar-refractivity contribution < 1.29 is 5.11 Å². The molecule has 0 saturated heterocycles. The van der Waals surface area contributed by atoms with Crippen molar-refractivity contribution >= 4 is 23.1 Å². The largest absolute Gasteiger partial charge is 0.505 e. The van der Waals surface area contributed by atoms with Gasteiger partial charge in [0.15, 0.2) is 0 Å². The van der Waals surface area contributed by atoms with Crippen molar-refractivity contribution in [1.82, 2.24) is 19.5 Å². The molecule has 0 spiro atoms. The zero-order valence-corrected chi connectivity index (χ0v) is 17.1. The molecule has 0 aliphatic rings. The zero-order valence-electron chi connectivity index (χ0n) is 17.1. The Morgan fingerprint density at radius 1 is 1.07 bits per heavy atom. The van der Waals surface area contributed by atoms with Gasteiger partial charge in [-0.25, -0.2) is 4.98 Å². The summed E-state index contributed by atoms with van der Waals surface area (Å²) in [4.78, 5) is 26.4. The number of aromatic hydroxyl groups is 1. The van der Waals surface area contributed by atoms with Crippen LogP contribution < -0.4 is 5.56 Å². The monoisotopic (exact) mass is 398 g/mol. The maximum Gasteiger partial charge on any atom is 0.266 e. The van der Waals surface area contributed by atoms with Crippen molar-refractivity contribution in [2.24, 2.45) is 0 Å². The molecule has 0 aliphatic carbocycles. The smallest absolute Gasteiger partial charge is 0.266 e. The molecule has 0 saturated carbocycles. The van der Waals surface area contributed by atoms with Gasteiger partial charge in [0.2, 0.25) is 0 Å². The number of fused-ring (bicyclic) bond motifs is 1. The highest BCUT2D eigenvalue weighted by molar-refractivity contribution is 5.80. The average Bonchev–Trinajstić information content (AvgIpc) is 2.74. The molecule has 0 bridgehead atoms. The average molecular weight is 398 g/mol. The van der Waals surface area contributed by atoms with Crippen LogP contribution in [0.1, 0.15) is 35.1 Å². The Morgan fingerprint density at radius 3 is 2.57 bits per heavy atom. The van der Waals surface area contributed by atoms with E-state index in [4.69, 9.17) is 4.98 Å². The minimum absolute atomic E-state index is 0.139. The predicted molar refractivity (Wildman–Crippen MR) is 119 cm³/mol. The third kappa shape index (κ3) is 3.37. The summed E-state index contributed by atoms with van der Waals surface area (Å²) in [6.07, 6.45) is 8.97. The Hall–Kier alpha value is -3.80. The van der Waals surface area contributed by atoms with E-state index >= 15 is 0 Å². The van der Waals surface area contributed by atoms with Crippen LogP contribution in [0.4, 0.5) is 0 Å². The van der Waals surface area contributed by atoms with E-state index in [2.05, 4.69) is 9.97 Å². The number of para-hydroxylation sites is 1. The van der Waals surface area contributed by atoms with Crippen LogP contribution in [0.3, 0.4) is 0 Å². The van der Waals surface area contributed by atoms with Gasteiger partial charge in [-0.2, -0.15) is 0 Å². The van der Waals surface area contributed by atoms with E-state index in [9.17, 15) is 9.90 Å². The Bertz CT molecular complexity index is 1320. The molecule has 6 nitrogen and oxygen atoms in total. The first-order chi connectivity index (χ1) is 14.5. The van der Waals surface area contributed by atoms with Crippen LogP contribution in [0.5, 0.6) is 5.75 Å². The summed E-state index contributed by atoms with van der Waals surface area (Å²) in [5.74, 6) is 0.604. The van der Waals surface area contributed by atoms with Crippen molar-refractivity contribution in [3.05, 3.63) is 87.5 Å². The molecule has 150 valence electrons. The molecule has 0 atom stereocenters. The third-order valence-electron chi connectivity index (χ3n) is 5.14. The molecular formula is C24H22N4O2. The molecule has 6 heteroatoms. The fourth-order valence-corrected chi connectivity index (χ4v) is 3.61. The van der Waals surface area contributed by atoms with Crippen molar-refractivity contribution in [2.75, 3.05) is 0 Å². The lowest BCUT2D eigenvalue weighted by Gasteiger charge is -2.16. The van der Waals surface area contributed by atoms with Gasteiger partial charge >= 0.3 is 0 Å². The van der Waals surface area contributed by atoms with E-state index in [1.165, 1.54) is 0 Å². The number of aromatic nitrogens is 4. The molecule has 1 N–H and O–H groups in total. The first-order valence-electron chi connectivity index (χ1n) is 9.79. The summed E-state index contributed by atoms with van der Waals surface area (Å²) in [6, 6.07) is 9.33. The molecular weight excluding hydrogens is 376 g/mol. The molecule has 4 rings (SSSR count). The van der Waals surface area contributed by atoms with E-state index < -0.39 is 0 Å². The van der Waals surface area contributed by atoms with Gasteiger partial charge in [0.1, 0.15) is 11.6 Å². The van der Waals surface area contributed by atoms with E-state index in [1.54, 1.807) is 47.4 Å². The summed E-state index contributed by atoms with van der Waals surface area (Å²) in [7, 11) is 0. The minimum atomic E-state index is -0.160. The van der Waals surface area contributed by atoms with Gasteiger partial charge in [-0.3, -0.25) is 19.3 Å². The quantitative estimate of drug-likeness (QED) is 0.556. The number of hydrogen-bond donors (Lipinski definition) is 1. The first kappa shape index (κ1) is 19.5. The zero-order chi connectivity index (χ0) is 21.3. The number of rotatable bonds is 4. The van der Waals surface area contributed by atoms with Gasteiger partial charge in [-0.05, 0) is 55.7 Å². The lowest BCUT2D eigenvalue weighted by Crippen LogP contribution is -2.24. The van der Waals surface area contributed by atoms with Gasteiger partial charge < -0.3 is 5.11 Å². The van der Waals surface area contributed by atoms with Crippen molar-refractivity contribution in [2.45, 2.75) is 27.2 Å². The van der Waals surface area contributed by atoms with Crippen LogP contribution >= 0.6 is 0 Å². The van der Waals surface area contributed by atoms with Gasteiger partial charge in [-0.15, -0.1) is 0 Å². The van der Waals surface area contributed by atoms with Crippen LogP contribution in [0.15, 0.2) is 53.7 Å². The molecule has 4 aromatic rings. The van der Waals surface area contributed by atoms with Gasteiger partial charge in [0, 0.05) is 18.0 Å². The Kier molecular flexibility index (Phi) is 5.14. The van der Waals surface area contributed by atoms with Gasteiger partial charge in [0.05, 0.1) is 28.5 Å². The molecule has 0 radical (unpaired) electrons. The number of nitrogens with zero attached hydrogens (tertiary/aromatic N) is 4. The van der Waals surface area contributed by atoms with Crippen LogP contribution in [0.25, 0.3) is 28.7 Å². The molecule has 3 aromatic heterocycles. The molecule has 30 heavy (non-hydrogen) atoms. The third-order valence-corrected chi connectivity index (χ3v) is 5.14. The Balaban J connectivity index is 1.99. The van der Waals surface area contributed by atoms with E-state index in [0.717, 1.165) is 16.8 Å². The maximum atomic E-state index is 13.4. The number of aryl methyl sites for hydroxylation is 3. The van der Waals surface area contributed by atoms with Crippen LogP contribution in [0, 0.1) is 13.8 Å². The SMILES string of the molecule is CCc1nccc(/C=C/c2nc3cnccc3c(=O)n2-c2c(C)cccc2C)c1O. The maximum absolute atomic E-state index is 13.4. The van der Waals surface area contributed by atoms with E-state index in [0.29, 0.717) is 34.4 Å². The Labute approximate surface area is 174 Å². The molecule has 0 amide bonds. The topological polar surface area (TPSA) is 80.9 Å². The van der Waals surface area contributed by atoms with E-state index in [1.807, 2.05) is 39.0 Å². The number of pyridine rings is 2. The molecule has 1 aromatic carbocycles. The van der Waals surface area contributed by atoms with Gasteiger partial charge in [0.25, 0.3) is 5.56 Å². The summed E-state index contributed by atoms with van der Waals surface area (Å²) < 4.78 is 1.63. The summed E-state index contributed by atoms with van der Waals surface area (Å²) in [5.41, 5.74) is 4.37. The van der Waals surface area contributed by atoms with Crippen LogP contribution in [-0.4, -0.2) is 24.6 Å². The van der Waals surface area contributed by atoms with E-state index in [-0.39, 0.29) is 11.3 Å². The summed E-state index contributed by atoms with van der Waals surface area (Å²) in [6.45, 7) is 5.88. The van der Waals surface area contributed by atoms with Crippen LogP contribution in [0.2, 0.25) is 0 Å². The van der Waals surface area contributed by atoms with Crippen molar-refractivity contribution in [3.63, 3.8) is 0 Å². The summed E-state index contributed by atoms with van der Waals surface area (Å²) >= 11 is 0. The molecule has 0 unspecified atom stereocenters. The lowest BCUT2D eigenvalue weighted by atomic mass is 10.1. The number of benzene rings is 1. The first-order valence-corrected chi connectivity index (χ1v) is 9.79. The fraction of sp³-hybridized carbons (Fsp3) is 0.167. The highest BCUT2D eigenvalue weighted by Gasteiger charge is 2.15. The second-order valence-electron chi connectivity index (χ2n) is 7.13. The molecule has 3 heterocycles. The normalized spacial score (nSPS) is 11.4. The second-order valence-corrected chi connectivity index (χ2v) is 7.13. The molecule has 0 aliphatic heterocycles. The fourth-order valence-electron chi connectivity index (χ4n) is 3.61. The highest BCUT2D eigenvalue weighted by Crippen LogP contribution is 2.24. The lowest BCUT2D eigenvalue weighted by molar-refractivity contribution is 0.463. The van der Waals surface area contributed by atoms with Crippen LogP contribution in [-0.2, 0) is 6.42 Å². The molecule has 0 fully saturated rings. The van der Waals surface area contributed by atoms with Gasteiger partial charge in [-0.1, -0.05) is 25.1 Å². The minimum Gasteiger partial charge on any atom is -0.505 e. The predicted octanol–water partition coefficient (Wildman–Crippen LogP) is 4.23.